The van der Waals surface area contributed by atoms with Gasteiger partial charge in [0.15, 0.2) is 15.4 Å². The maximum Gasteiger partial charge on any atom is 0.420 e. The molecule has 1 N–H and O–H groups in total. The van der Waals surface area contributed by atoms with Crippen molar-refractivity contribution in [3.8, 4) is 11.8 Å². The molecule has 2 saturated heterocycles. The Bertz CT molecular complexity index is 2000. The Morgan fingerprint density at radius 2 is 1.78 bits per heavy atom. The lowest BCUT2D eigenvalue weighted by molar-refractivity contribution is -0.200. The SMILES string of the molecule is CS(=O)(=O)c1ccc2c(c1)oc(=O)n2CC#Cc1cc2c(N[C@H]3CC[C@H](N4CC5(COC5)C4)CC3)cccc2n1CC(F)(F)F. The van der Waals surface area contributed by atoms with Crippen LogP contribution in [0.3, 0.4) is 0 Å². The molecule has 0 radical (unpaired) electrons. The maximum absolute atomic E-state index is 13.7. The van der Waals surface area contributed by atoms with Crippen molar-refractivity contribution < 1.29 is 30.7 Å². The highest BCUT2D eigenvalue weighted by atomic mass is 32.2. The van der Waals surface area contributed by atoms with E-state index < -0.39 is 28.3 Å². The third kappa shape index (κ3) is 5.87. The van der Waals surface area contributed by atoms with Gasteiger partial charge in [-0.05, 0) is 61.9 Å². The zero-order valence-corrected chi connectivity index (χ0v) is 25.5. The topological polar surface area (TPSA) is 98.7 Å². The number of nitrogens with one attached hydrogen (secondary N) is 1. The molecule has 0 bridgehead atoms. The van der Waals surface area contributed by atoms with Gasteiger partial charge < -0.3 is 19.0 Å². The van der Waals surface area contributed by atoms with E-state index in [4.69, 9.17) is 9.15 Å². The van der Waals surface area contributed by atoms with E-state index in [0.29, 0.717) is 27.9 Å². The molecule has 238 valence electrons. The predicted molar refractivity (Wildman–Crippen MR) is 163 cm³/mol. The average molecular weight is 643 g/mol. The third-order valence-electron chi connectivity index (χ3n) is 9.27. The molecule has 0 amide bonds. The molecule has 3 aliphatic rings. The first-order valence-corrected chi connectivity index (χ1v) is 16.9. The van der Waals surface area contributed by atoms with E-state index in [0.717, 1.165) is 68.5 Å². The maximum atomic E-state index is 13.7. The van der Waals surface area contributed by atoms with Crippen LogP contribution in [0.15, 0.2) is 56.6 Å². The third-order valence-corrected chi connectivity index (χ3v) is 10.4. The molecule has 13 heteroatoms. The first-order valence-electron chi connectivity index (χ1n) is 15.0. The molecule has 3 fully saturated rings. The number of likely N-dealkylation sites (tertiary alicyclic amines) is 1. The van der Waals surface area contributed by atoms with Crippen LogP contribution in [-0.4, -0.2) is 73.3 Å². The molecule has 9 nitrogen and oxygen atoms in total. The van der Waals surface area contributed by atoms with Crippen molar-refractivity contribution >= 4 is 37.5 Å². The van der Waals surface area contributed by atoms with Crippen molar-refractivity contribution in [1.29, 1.82) is 0 Å². The first-order chi connectivity index (χ1) is 21.4. The Morgan fingerprint density at radius 1 is 1.02 bits per heavy atom. The second-order valence-corrected chi connectivity index (χ2v) is 14.7. The first kappa shape index (κ1) is 30.0. The van der Waals surface area contributed by atoms with Gasteiger partial charge in [-0.3, -0.25) is 9.47 Å². The van der Waals surface area contributed by atoms with Crippen LogP contribution < -0.4 is 11.1 Å². The van der Waals surface area contributed by atoms with Crippen LogP contribution in [0.2, 0.25) is 0 Å². The highest BCUT2D eigenvalue weighted by Gasteiger charge is 2.50. The highest BCUT2D eigenvalue weighted by Crippen LogP contribution is 2.41. The number of hydrogen-bond acceptors (Lipinski definition) is 7. The quantitative estimate of drug-likeness (QED) is 0.307. The van der Waals surface area contributed by atoms with Gasteiger partial charge in [0.2, 0.25) is 0 Å². The van der Waals surface area contributed by atoms with E-state index in [1.165, 1.54) is 22.8 Å². The number of rotatable bonds is 6. The average Bonchev–Trinajstić information content (AvgIpc) is 3.43. The van der Waals surface area contributed by atoms with Crippen molar-refractivity contribution in [2.45, 2.75) is 61.9 Å². The molecular weight excluding hydrogens is 609 g/mol. The second-order valence-electron chi connectivity index (χ2n) is 12.7. The summed E-state index contributed by atoms with van der Waals surface area (Å²) >= 11 is 0. The summed E-state index contributed by atoms with van der Waals surface area (Å²) in [6, 6.07) is 11.8. The summed E-state index contributed by atoms with van der Waals surface area (Å²) in [4.78, 5) is 15.1. The number of halogens is 3. The standard InChI is InChI=1S/C32H33F3N4O5S/c1-45(41,42)24-11-12-28-29(15-24)44-30(40)38(28)13-3-4-23-14-25-26(5-2-6-27(25)39(23)18-32(33,34)35)36-21-7-9-22(10-8-21)37-16-31(17-37)19-43-20-31/h2,5-6,11-12,14-15,21-22,36H,7-10,13,16-20H2,1H3/t21-,22-. The largest absolute Gasteiger partial charge is 0.420 e. The fraction of sp³-hybridized carbons (Fsp3) is 0.469. The molecule has 1 spiro atoms. The number of aromatic nitrogens is 2. The number of alkyl halides is 3. The lowest BCUT2D eigenvalue weighted by atomic mass is 9.75. The highest BCUT2D eigenvalue weighted by molar-refractivity contribution is 7.90. The smallest absolute Gasteiger partial charge is 0.408 e. The zero-order chi connectivity index (χ0) is 31.6. The van der Waals surface area contributed by atoms with Gasteiger partial charge in [-0.1, -0.05) is 12.0 Å². The molecule has 0 unspecified atom stereocenters. The number of benzene rings is 2. The lowest BCUT2D eigenvalue weighted by Gasteiger charge is -2.58. The van der Waals surface area contributed by atoms with Gasteiger partial charge in [-0.25, -0.2) is 13.2 Å². The van der Waals surface area contributed by atoms with Crippen molar-refractivity contribution in [1.82, 2.24) is 14.0 Å². The van der Waals surface area contributed by atoms with E-state index in [-0.39, 0.29) is 28.8 Å². The Balaban J connectivity index is 1.11. The molecule has 45 heavy (non-hydrogen) atoms. The molecule has 1 saturated carbocycles. The lowest BCUT2D eigenvalue weighted by Crippen LogP contribution is -2.68. The molecule has 1 aliphatic carbocycles. The van der Waals surface area contributed by atoms with E-state index in [2.05, 4.69) is 22.1 Å². The predicted octanol–water partition coefficient (Wildman–Crippen LogP) is 4.62. The molecular formula is C32H33F3N4O5S. The summed E-state index contributed by atoms with van der Waals surface area (Å²) in [6.45, 7) is 2.61. The minimum atomic E-state index is -4.47. The Hall–Kier alpha value is -3.73. The van der Waals surface area contributed by atoms with Crippen molar-refractivity contribution in [3.63, 3.8) is 0 Å². The van der Waals surface area contributed by atoms with Crippen molar-refractivity contribution in [2.24, 2.45) is 5.41 Å². The van der Waals surface area contributed by atoms with Gasteiger partial charge in [-0.2, -0.15) is 13.2 Å². The van der Waals surface area contributed by atoms with E-state index >= 15 is 0 Å². The summed E-state index contributed by atoms with van der Waals surface area (Å²) in [5, 5.41) is 4.26. The van der Waals surface area contributed by atoms with Crippen LogP contribution in [0.4, 0.5) is 18.9 Å². The Labute approximate surface area is 257 Å². The summed E-state index contributed by atoms with van der Waals surface area (Å²) in [7, 11) is -3.51. The Morgan fingerprint density at radius 3 is 2.44 bits per heavy atom. The fourth-order valence-electron chi connectivity index (χ4n) is 6.95. The molecule has 2 aliphatic heterocycles. The van der Waals surface area contributed by atoms with Gasteiger partial charge in [0.1, 0.15) is 6.54 Å². The van der Waals surface area contributed by atoms with E-state index in [1.807, 2.05) is 6.07 Å². The monoisotopic (exact) mass is 642 g/mol. The number of fused-ring (bicyclic) bond motifs is 2. The van der Waals surface area contributed by atoms with Crippen LogP contribution in [0, 0.1) is 17.3 Å². The number of ether oxygens (including phenoxy) is 1. The minimum Gasteiger partial charge on any atom is -0.408 e. The number of nitrogens with zero attached hydrogens (tertiary/aromatic N) is 3. The van der Waals surface area contributed by atoms with E-state index in [1.54, 1.807) is 18.2 Å². The second kappa shape index (κ2) is 11.0. The summed E-state index contributed by atoms with van der Waals surface area (Å²) in [5.41, 5.74) is 2.18. The van der Waals surface area contributed by atoms with Crippen LogP contribution in [0.5, 0.6) is 0 Å². The van der Waals surface area contributed by atoms with Crippen LogP contribution in [-0.2, 0) is 27.7 Å². The number of anilines is 1. The van der Waals surface area contributed by atoms with Crippen LogP contribution in [0.1, 0.15) is 31.4 Å². The van der Waals surface area contributed by atoms with Gasteiger partial charge >= 0.3 is 11.9 Å². The number of sulfone groups is 1. The van der Waals surface area contributed by atoms with Gasteiger partial charge in [0, 0.05) is 54.0 Å². The summed E-state index contributed by atoms with van der Waals surface area (Å²) in [5.74, 6) is 4.92. The zero-order valence-electron chi connectivity index (χ0n) is 24.7. The molecule has 2 aromatic carbocycles. The molecule has 7 rings (SSSR count). The summed E-state index contributed by atoms with van der Waals surface area (Å²) < 4.78 is 77.9. The molecule has 4 heterocycles. The van der Waals surface area contributed by atoms with Crippen molar-refractivity contribution in [3.05, 3.63) is 58.7 Å². The summed E-state index contributed by atoms with van der Waals surface area (Å²) in [6.07, 6.45) is 0.697. The number of oxazole rings is 1. The van der Waals surface area contributed by atoms with Crippen LogP contribution in [0.25, 0.3) is 22.0 Å². The van der Waals surface area contributed by atoms with Crippen LogP contribution >= 0.6 is 0 Å². The molecule has 0 atom stereocenters. The fourth-order valence-corrected chi connectivity index (χ4v) is 7.59. The Kier molecular flexibility index (Phi) is 7.30. The normalized spacial score (nSPS) is 21.8. The van der Waals surface area contributed by atoms with Gasteiger partial charge in [0.05, 0.1) is 41.4 Å². The van der Waals surface area contributed by atoms with E-state index in [9.17, 15) is 26.4 Å². The van der Waals surface area contributed by atoms with Gasteiger partial charge in [-0.15, -0.1) is 0 Å². The van der Waals surface area contributed by atoms with Gasteiger partial charge in [0.25, 0.3) is 0 Å². The van der Waals surface area contributed by atoms with Crippen molar-refractivity contribution in [2.75, 3.05) is 37.9 Å². The molecule has 4 aromatic rings. The minimum absolute atomic E-state index is 0.00431. The number of hydrogen-bond donors (Lipinski definition) is 1. The molecule has 2 aromatic heterocycles.